The molecular weight excluding hydrogens is 379 g/mol. The lowest BCUT2D eigenvalue weighted by atomic mass is 10.2. The molecule has 0 saturated carbocycles. The summed E-state index contributed by atoms with van der Waals surface area (Å²) in [6.45, 7) is 0.458. The van der Waals surface area contributed by atoms with Gasteiger partial charge in [0.25, 0.3) is 0 Å². The number of hydrogen-bond donors (Lipinski definition) is 1. The molecule has 2 heterocycles. The minimum absolute atomic E-state index is 0.0269. The number of rotatable bonds is 6. The molecule has 28 heavy (non-hydrogen) atoms. The van der Waals surface area contributed by atoms with Crippen molar-refractivity contribution in [2.75, 3.05) is 19.7 Å². The van der Waals surface area contributed by atoms with Gasteiger partial charge in [-0.2, -0.15) is 13.2 Å². The van der Waals surface area contributed by atoms with Crippen LogP contribution in [0.4, 0.5) is 18.0 Å². The van der Waals surface area contributed by atoms with Crippen molar-refractivity contribution in [3.8, 4) is 11.6 Å². The number of benzene rings is 1. The van der Waals surface area contributed by atoms with Crippen LogP contribution in [0, 0.1) is 0 Å². The fourth-order valence-corrected chi connectivity index (χ4v) is 2.49. The van der Waals surface area contributed by atoms with Crippen molar-refractivity contribution in [2.45, 2.75) is 12.7 Å². The molecule has 7 nitrogen and oxygen atoms in total. The Morgan fingerprint density at radius 2 is 2.11 bits per heavy atom. The summed E-state index contributed by atoms with van der Waals surface area (Å²) in [6.07, 6.45) is -3.61. The lowest BCUT2D eigenvalue weighted by Crippen LogP contribution is -2.37. The highest BCUT2D eigenvalue weighted by molar-refractivity contribution is 5.82. The molecule has 3 rings (SSSR count). The van der Waals surface area contributed by atoms with E-state index < -0.39 is 23.7 Å². The number of ether oxygens (including phenoxy) is 2. The fraction of sp³-hybridized carbons (Fsp3) is 0.278. The molecule has 1 aliphatic heterocycles. The van der Waals surface area contributed by atoms with Gasteiger partial charge < -0.3 is 14.8 Å². The topological polar surface area (TPSA) is 80.8 Å². The minimum atomic E-state index is -4.49. The van der Waals surface area contributed by atoms with Crippen molar-refractivity contribution in [1.29, 1.82) is 0 Å². The van der Waals surface area contributed by atoms with Gasteiger partial charge in [-0.05, 0) is 24.3 Å². The molecule has 0 unspecified atom stereocenters. The van der Waals surface area contributed by atoms with Gasteiger partial charge in [-0.15, -0.1) is 0 Å². The highest BCUT2D eigenvalue weighted by atomic mass is 19.4. The number of nitrogens with one attached hydrogen (secondary N) is 1. The fourth-order valence-electron chi connectivity index (χ4n) is 2.49. The number of cyclic esters (lactones) is 1. The molecule has 1 aromatic carbocycles. The summed E-state index contributed by atoms with van der Waals surface area (Å²) >= 11 is 0. The molecule has 0 atom stereocenters. The molecular formula is C18H16F3N3O4. The average molecular weight is 395 g/mol. The zero-order valence-electron chi connectivity index (χ0n) is 14.5. The van der Waals surface area contributed by atoms with Crippen LogP contribution < -0.4 is 10.1 Å². The maximum absolute atomic E-state index is 12.8. The van der Waals surface area contributed by atoms with Crippen molar-refractivity contribution in [1.82, 2.24) is 15.2 Å². The Labute approximate surface area is 158 Å². The van der Waals surface area contributed by atoms with Gasteiger partial charge in [0.2, 0.25) is 11.8 Å². The molecule has 2 aromatic rings. The largest absolute Gasteiger partial charge is 0.448 e. The van der Waals surface area contributed by atoms with E-state index in [9.17, 15) is 22.8 Å². The molecule has 0 spiro atoms. The summed E-state index contributed by atoms with van der Waals surface area (Å²) in [5.41, 5.74) is -0.370. The first-order chi connectivity index (χ1) is 13.3. The quantitative estimate of drug-likeness (QED) is 0.814. The summed E-state index contributed by atoms with van der Waals surface area (Å²) < 4.78 is 48.7. The van der Waals surface area contributed by atoms with Crippen molar-refractivity contribution >= 4 is 12.0 Å². The number of aromatic nitrogens is 1. The third-order valence-electron chi connectivity index (χ3n) is 3.88. The summed E-state index contributed by atoms with van der Waals surface area (Å²) in [4.78, 5) is 28.6. The van der Waals surface area contributed by atoms with Gasteiger partial charge in [0.05, 0.1) is 12.1 Å². The summed E-state index contributed by atoms with van der Waals surface area (Å²) in [5, 5.41) is 2.62. The second-order valence-corrected chi connectivity index (χ2v) is 5.91. The third-order valence-corrected chi connectivity index (χ3v) is 3.88. The minimum Gasteiger partial charge on any atom is -0.448 e. The zero-order chi connectivity index (χ0) is 20.1. The van der Waals surface area contributed by atoms with Crippen molar-refractivity contribution in [2.24, 2.45) is 0 Å². The second kappa shape index (κ2) is 8.15. The van der Waals surface area contributed by atoms with Gasteiger partial charge in [0.1, 0.15) is 18.9 Å². The molecule has 0 radical (unpaired) electrons. The number of nitrogens with zero attached hydrogens (tertiary/aromatic N) is 2. The lowest BCUT2D eigenvalue weighted by Gasteiger charge is -2.14. The predicted molar refractivity (Wildman–Crippen MR) is 90.5 cm³/mol. The number of halogens is 3. The number of alkyl halides is 3. The second-order valence-electron chi connectivity index (χ2n) is 5.91. The van der Waals surface area contributed by atoms with Gasteiger partial charge in [0.15, 0.2) is 0 Å². The van der Waals surface area contributed by atoms with Gasteiger partial charge in [0, 0.05) is 18.3 Å². The Hall–Kier alpha value is -3.30. The Morgan fingerprint density at radius 1 is 1.29 bits per heavy atom. The number of amides is 2. The Morgan fingerprint density at radius 3 is 2.82 bits per heavy atom. The van der Waals surface area contributed by atoms with E-state index in [-0.39, 0.29) is 31.3 Å². The SMILES string of the molecule is O=C(CN1CCOC1=O)NCc1cccnc1Oc1cccc(C(F)(F)F)c1. The average Bonchev–Trinajstić information content (AvgIpc) is 3.05. The predicted octanol–water partition coefficient (Wildman–Crippen LogP) is 2.96. The van der Waals surface area contributed by atoms with E-state index in [0.29, 0.717) is 12.1 Å². The Kier molecular flexibility index (Phi) is 5.67. The van der Waals surface area contributed by atoms with E-state index >= 15 is 0 Å². The lowest BCUT2D eigenvalue weighted by molar-refractivity contribution is -0.137. The van der Waals surface area contributed by atoms with E-state index in [1.165, 1.54) is 23.2 Å². The van der Waals surface area contributed by atoms with Crippen LogP contribution in [0.2, 0.25) is 0 Å². The molecule has 1 fully saturated rings. The molecule has 2 amide bonds. The van der Waals surface area contributed by atoms with Crippen LogP contribution in [-0.2, 0) is 22.3 Å². The van der Waals surface area contributed by atoms with Gasteiger partial charge in [-0.1, -0.05) is 12.1 Å². The molecule has 1 aliphatic rings. The van der Waals surface area contributed by atoms with Gasteiger partial charge >= 0.3 is 12.3 Å². The van der Waals surface area contributed by atoms with Crippen LogP contribution >= 0.6 is 0 Å². The van der Waals surface area contributed by atoms with E-state index in [4.69, 9.17) is 9.47 Å². The third kappa shape index (κ3) is 4.90. The van der Waals surface area contributed by atoms with Gasteiger partial charge in [-0.25, -0.2) is 9.78 Å². The standard InChI is InChI=1S/C18H16F3N3O4/c19-18(20,21)13-4-1-5-14(9-13)28-16-12(3-2-6-22-16)10-23-15(25)11-24-7-8-27-17(24)26/h1-6,9H,7-8,10-11H2,(H,23,25). The Balaban J connectivity index is 1.65. The van der Waals surface area contributed by atoms with Crippen LogP contribution in [0.5, 0.6) is 11.6 Å². The number of carbonyl (C=O) groups is 2. The molecule has 0 bridgehead atoms. The first kappa shape index (κ1) is 19.5. The smallest absolute Gasteiger partial charge is 0.416 e. The van der Waals surface area contributed by atoms with E-state index in [0.717, 1.165) is 12.1 Å². The number of pyridine rings is 1. The summed E-state index contributed by atoms with van der Waals surface area (Å²) in [5.74, 6) is -0.364. The number of carbonyl (C=O) groups excluding carboxylic acids is 2. The highest BCUT2D eigenvalue weighted by Crippen LogP contribution is 2.32. The molecule has 1 saturated heterocycles. The maximum atomic E-state index is 12.8. The van der Waals surface area contributed by atoms with Crippen LogP contribution in [0.1, 0.15) is 11.1 Å². The molecule has 1 aromatic heterocycles. The van der Waals surface area contributed by atoms with E-state index in [1.54, 1.807) is 12.1 Å². The number of hydrogen-bond acceptors (Lipinski definition) is 5. The van der Waals surface area contributed by atoms with Crippen LogP contribution in [0.15, 0.2) is 42.6 Å². The van der Waals surface area contributed by atoms with Crippen LogP contribution in [0.3, 0.4) is 0 Å². The van der Waals surface area contributed by atoms with Crippen molar-refractivity contribution in [3.63, 3.8) is 0 Å². The zero-order valence-corrected chi connectivity index (χ0v) is 14.5. The first-order valence-corrected chi connectivity index (χ1v) is 8.30. The Bertz CT molecular complexity index is 873. The van der Waals surface area contributed by atoms with Crippen molar-refractivity contribution in [3.05, 3.63) is 53.7 Å². The van der Waals surface area contributed by atoms with Crippen LogP contribution in [0.25, 0.3) is 0 Å². The van der Waals surface area contributed by atoms with E-state index in [2.05, 4.69) is 10.3 Å². The molecule has 10 heteroatoms. The van der Waals surface area contributed by atoms with Crippen LogP contribution in [-0.4, -0.2) is 41.6 Å². The highest BCUT2D eigenvalue weighted by Gasteiger charge is 2.30. The molecule has 1 N–H and O–H groups in total. The van der Waals surface area contributed by atoms with Gasteiger partial charge in [-0.3, -0.25) is 9.69 Å². The summed E-state index contributed by atoms with van der Waals surface area (Å²) in [7, 11) is 0. The molecule has 0 aliphatic carbocycles. The van der Waals surface area contributed by atoms with Crippen molar-refractivity contribution < 1.29 is 32.2 Å². The maximum Gasteiger partial charge on any atom is 0.416 e. The normalized spacial score (nSPS) is 14.0. The van der Waals surface area contributed by atoms with E-state index in [1.807, 2.05) is 0 Å². The monoisotopic (exact) mass is 395 g/mol. The molecule has 148 valence electrons. The first-order valence-electron chi connectivity index (χ1n) is 8.30. The summed E-state index contributed by atoms with van der Waals surface area (Å²) in [6, 6.07) is 7.66.